The molecule has 0 radical (unpaired) electrons. The summed E-state index contributed by atoms with van der Waals surface area (Å²) in [5.41, 5.74) is 1.43. The normalized spacial score (nSPS) is 13.3. The summed E-state index contributed by atoms with van der Waals surface area (Å²) in [5.74, 6) is 0. The quantitative estimate of drug-likeness (QED) is 0.585. The first kappa shape index (κ1) is 24.0. The molecule has 2 aromatic rings. The van der Waals surface area contributed by atoms with Gasteiger partial charge in [-0.3, -0.25) is 0 Å². The Morgan fingerprint density at radius 2 is 1.45 bits per heavy atom. The molecule has 6 nitrogen and oxygen atoms in total. The maximum Gasteiger partial charge on any atom is 0.408 e. The molecular weight excluding hydrogens is 392 g/mol. The van der Waals surface area contributed by atoms with Crippen molar-refractivity contribution < 1.29 is 19.1 Å². The Hall–Kier alpha value is -3.28. The third kappa shape index (κ3) is 10.3. The number of benzene rings is 2. The summed E-state index contributed by atoms with van der Waals surface area (Å²) in [5, 5.41) is 5.65. The Labute approximate surface area is 184 Å². The van der Waals surface area contributed by atoms with E-state index in [0.29, 0.717) is 6.42 Å². The highest BCUT2D eigenvalue weighted by Gasteiger charge is 2.17. The van der Waals surface area contributed by atoms with Crippen molar-refractivity contribution in [1.82, 2.24) is 10.6 Å². The number of alkyl carbamates (subject to hydrolysis) is 2. The van der Waals surface area contributed by atoms with E-state index in [1.807, 2.05) is 101 Å². The SMILES string of the molecule is CC(C=CC(Cc1ccccc1)NC(=O)OCc1ccccc1)NC(=O)OC(C)(C)C. The van der Waals surface area contributed by atoms with E-state index in [1.54, 1.807) is 0 Å². The fraction of sp³-hybridized carbons (Fsp3) is 0.360. The van der Waals surface area contributed by atoms with Crippen molar-refractivity contribution in [2.75, 3.05) is 0 Å². The van der Waals surface area contributed by atoms with Gasteiger partial charge >= 0.3 is 12.2 Å². The number of carbonyl (C=O) groups is 2. The van der Waals surface area contributed by atoms with E-state index in [4.69, 9.17) is 9.47 Å². The van der Waals surface area contributed by atoms with Gasteiger partial charge in [0, 0.05) is 6.04 Å². The van der Waals surface area contributed by atoms with Gasteiger partial charge in [-0.25, -0.2) is 9.59 Å². The van der Waals surface area contributed by atoms with Crippen LogP contribution in [0.4, 0.5) is 9.59 Å². The van der Waals surface area contributed by atoms with Crippen LogP contribution in [0.1, 0.15) is 38.8 Å². The zero-order valence-electron chi connectivity index (χ0n) is 18.6. The lowest BCUT2D eigenvalue weighted by Gasteiger charge is -2.21. The van der Waals surface area contributed by atoms with Crippen LogP contribution in [-0.2, 0) is 22.5 Å². The summed E-state index contributed by atoms with van der Waals surface area (Å²) < 4.78 is 10.6. The molecule has 2 N–H and O–H groups in total. The predicted octanol–water partition coefficient (Wildman–Crippen LogP) is 4.99. The first-order chi connectivity index (χ1) is 14.7. The molecule has 2 rings (SSSR count). The van der Waals surface area contributed by atoms with E-state index in [1.165, 1.54) is 0 Å². The highest BCUT2D eigenvalue weighted by molar-refractivity contribution is 5.69. The zero-order chi connectivity index (χ0) is 22.7. The van der Waals surface area contributed by atoms with E-state index in [9.17, 15) is 9.59 Å². The standard InChI is InChI=1S/C25H32N2O4/c1-19(26-24(29)31-25(2,3)4)15-16-22(17-20-11-7-5-8-12-20)27-23(28)30-18-21-13-9-6-10-14-21/h5-16,19,22H,17-18H2,1-4H3,(H,26,29)(H,27,28). The van der Waals surface area contributed by atoms with Crippen molar-refractivity contribution in [3.05, 3.63) is 83.9 Å². The van der Waals surface area contributed by atoms with Gasteiger partial charge in [-0.1, -0.05) is 72.8 Å². The van der Waals surface area contributed by atoms with Crippen LogP contribution in [-0.4, -0.2) is 29.9 Å². The minimum Gasteiger partial charge on any atom is -0.445 e. The lowest BCUT2D eigenvalue weighted by atomic mass is 10.0. The van der Waals surface area contributed by atoms with Gasteiger partial charge in [0.2, 0.25) is 0 Å². The fourth-order valence-corrected chi connectivity index (χ4v) is 2.79. The molecule has 0 aromatic heterocycles. The Morgan fingerprint density at radius 1 is 0.871 bits per heavy atom. The number of ether oxygens (including phenoxy) is 2. The van der Waals surface area contributed by atoms with Crippen LogP contribution in [0.3, 0.4) is 0 Å². The van der Waals surface area contributed by atoms with E-state index >= 15 is 0 Å². The molecule has 2 aromatic carbocycles. The smallest absolute Gasteiger partial charge is 0.408 e. The first-order valence-electron chi connectivity index (χ1n) is 10.4. The summed E-state index contributed by atoms with van der Waals surface area (Å²) in [7, 11) is 0. The third-order valence-corrected chi connectivity index (χ3v) is 4.19. The number of hydrogen-bond acceptors (Lipinski definition) is 4. The number of rotatable bonds is 8. The fourth-order valence-electron chi connectivity index (χ4n) is 2.79. The van der Waals surface area contributed by atoms with Crippen molar-refractivity contribution in [2.45, 2.75) is 58.4 Å². The molecule has 6 heteroatoms. The van der Waals surface area contributed by atoms with Gasteiger partial charge in [-0.15, -0.1) is 0 Å². The van der Waals surface area contributed by atoms with Crippen LogP contribution >= 0.6 is 0 Å². The van der Waals surface area contributed by atoms with Gasteiger partial charge in [0.25, 0.3) is 0 Å². The molecule has 0 saturated heterocycles. The first-order valence-corrected chi connectivity index (χ1v) is 10.4. The van der Waals surface area contributed by atoms with Gasteiger partial charge in [0.05, 0.1) is 6.04 Å². The van der Waals surface area contributed by atoms with Gasteiger partial charge in [-0.2, -0.15) is 0 Å². The molecule has 166 valence electrons. The average Bonchev–Trinajstić information content (AvgIpc) is 2.70. The van der Waals surface area contributed by atoms with Crippen LogP contribution in [0.5, 0.6) is 0 Å². The predicted molar refractivity (Wildman–Crippen MR) is 122 cm³/mol. The molecule has 2 atom stereocenters. The average molecular weight is 425 g/mol. The molecule has 0 aliphatic rings. The molecule has 31 heavy (non-hydrogen) atoms. The number of nitrogens with one attached hydrogen (secondary N) is 2. The Bertz CT molecular complexity index is 845. The van der Waals surface area contributed by atoms with Crippen molar-refractivity contribution >= 4 is 12.2 Å². The minimum absolute atomic E-state index is 0.199. The Morgan fingerprint density at radius 3 is 2.03 bits per heavy atom. The molecule has 2 amide bonds. The van der Waals surface area contributed by atoms with Gasteiger partial charge in [0.1, 0.15) is 12.2 Å². The highest BCUT2D eigenvalue weighted by atomic mass is 16.6. The maximum absolute atomic E-state index is 12.3. The van der Waals surface area contributed by atoms with Crippen LogP contribution in [0, 0.1) is 0 Å². The van der Waals surface area contributed by atoms with Gasteiger partial charge in [-0.05, 0) is 45.2 Å². The number of hydrogen-bond donors (Lipinski definition) is 2. The second-order valence-corrected chi connectivity index (χ2v) is 8.32. The van der Waals surface area contributed by atoms with E-state index < -0.39 is 17.8 Å². The minimum atomic E-state index is -0.562. The van der Waals surface area contributed by atoms with Crippen LogP contribution < -0.4 is 10.6 Å². The Balaban J connectivity index is 1.96. The topological polar surface area (TPSA) is 76.7 Å². The van der Waals surface area contributed by atoms with E-state index in [0.717, 1.165) is 11.1 Å². The van der Waals surface area contributed by atoms with Gasteiger partial charge in [0.15, 0.2) is 0 Å². The molecule has 0 bridgehead atoms. The second-order valence-electron chi connectivity index (χ2n) is 8.32. The lowest BCUT2D eigenvalue weighted by Crippen LogP contribution is -2.38. The molecule has 0 spiro atoms. The maximum atomic E-state index is 12.3. The van der Waals surface area contributed by atoms with Gasteiger partial charge < -0.3 is 20.1 Å². The van der Waals surface area contributed by atoms with Crippen molar-refractivity contribution in [2.24, 2.45) is 0 Å². The van der Waals surface area contributed by atoms with Crippen molar-refractivity contribution in [3.8, 4) is 0 Å². The summed E-state index contributed by atoms with van der Waals surface area (Å²) in [6.45, 7) is 7.48. The zero-order valence-corrected chi connectivity index (χ0v) is 18.6. The van der Waals surface area contributed by atoms with Crippen LogP contribution in [0.15, 0.2) is 72.8 Å². The lowest BCUT2D eigenvalue weighted by molar-refractivity contribution is 0.0517. The summed E-state index contributed by atoms with van der Waals surface area (Å²) in [6.07, 6.45) is 3.30. The van der Waals surface area contributed by atoms with Crippen LogP contribution in [0.2, 0.25) is 0 Å². The molecule has 0 heterocycles. The highest BCUT2D eigenvalue weighted by Crippen LogP contribution is 2.08. The summed E-state index contributed by atoms with van der Waals surface area (Å²) in [4.78, 5) is 24.3. The largest absolute Gasteiger partial charge is 0.445 e. The molecule has 0 fully saturated rings. The Kier molecular flexibility index (Phi) is 9.13. The molecule has 0 aliphatic carbocycles. The molecular formula is C25H32N2O4. The van der Waals surface area contributed by atoms with Crippen LogP contribution in [0.25, 0.3) is 0 Å². The van der Waals surface area contributed by atoms with E-state index in [-0.39, 0.29) is 18.7 Å². The van der Waals surface area contributed by atoms with Crippen molar-refractivity contribution in [3.63, 3.8) is 0 Å². The summed E-state index contributed by atoms with van der Waals surface area (Å²) >= 11 is 0. The summed E-state index contributed by atoms with van der Waals surface area (Å²) in [6, 6.07) is 18.8. The number of carbonyl (C=O) groups excluding carboxylic acids is 2. The second kappa shape index (κ2) is 11.8. The van der Waals surface area contributed by atoms with E-state index in [2.05, 4.69) is 10.6 Å². The molecule has 0 saturated carbocycles. The molecule has 0 aliphatic heterocycles. The molecule has 2 unspecified atom stereocenters. The third-order valence-electron chi connectivity index (χ3n) is 4.19. The van der Waals surface area contributed by atoms with Crippen molar-refractivity contribution in [1.29, 1.82) is 0 Å². The monoisotopic (exact) mass is 424 g/mol. The number of amides is 2.